The minimum absolute atomic E-state index is 0.0213. The van der Waals surface area contributed by atoms with Gasteiger partial charge in [0, 0.05) is 7.05 Å². The Balaban J connectivity index is 2.28. The largest absolute Gasteiger partial charge is 0.372 e. The van der Waals surface area contributed by atoms with Gasteiger partial charge in [0.15, 0.2) is 5.82 Å². The van der Waals surface area contributed by atoms with E-state index in [0.29, 0.717) is 5.82 Å². The van der Waals surface area contributed by atoms with E-state index in [4.69, 9.17) is 5.26 Å². The van der Waals surface area contributed by atoms with Gasteiger partial charge in [-0.05, 0) is 12.1 Å². The van der Waals surface area contributed by atoms with E-state index in [1.54, 1.807) is 23.7 Å². The van der Waals surface area contributed by atoms with Crippen LogP contribution in [0.2, 0.25) is 0 Å². The summed E-state index contributed by atoms with van der Waals surface area (Å²) in [6, 6.07) is 6.35. The summed E-state index contributed by atoms with van der Waals surface area (Å²) in [5.74, 6) is 0.636. The molecular formula is C11H10N6O2. The maximum absolute atomic E-state index is 11.0. The molecule has 8 nitrogen and oxygen atoms in total. The standard InChI is InChI=1S/C11H10N6O2/c1-16-7-14-15-10(16)6-13-9-4-2-3-8(5-12)11(9)17(18)19/h2-4,7,13H,6H2,1H3. The van der Waals surface area contributed by atoms with Crippen molar-refractivity contribution in [2.24, 2.45) is 7.05 Å². The van der Waals surface area contributed by atoms with Crippen molar-refractivity contribution >= 4 is 11.4 Å². The molecule has 1 heterocycles. The predicted octanol–water partition coefficient (Wildman–Crippen LogP) is 1.21. The fourth-order valence-corrected chi connectivity index (χ4v) is 1.61. The van der Waals surface area contributed by atoms with E-state index in [1.165, 1.54) is 12.4 Å². The van der Waals surface area contributed by atoms with Crippen LogP contribution >= 0.6 is 0 Å². The molecule has 2 aromatic rings. The van der Waals surface area contributed by atoms with Crippen LogP contribution in [0.1, 0.15) is 11.4 Å². The monoisotopic (exact) mass is 258 g/mol. The van der Waals surface area contributed by atoms with E-state index < -0.39 is 4.92 Å². The fourth-order valence-electron chi connectivity index (χ4n) is 1.61. The lowest BCUT2D eigenvalue weighted by Crippen LogP contribution is -2.08. The number of hydrogen-bond acceptors (Lipinski definition) is 6. The van der Waals surface area contributed by atoms with Crippen LogP contribution in [0.15, 0.2) is 24.5 Å². The second-order valence-electron chi connectivity index (χ2n) is 3.78. The number of nitrogens with one attached hydrogen (secondary N) is 1. The summed E-state index contributed by atoms with van der Waals surface area (Å²) in [4.78, 5) is 10.4. The normalized spacial score (nSPS) is 9.89. The molecule has 0 saturated heterocycles. The number of aromatic nitrogens is 3. The molecule has 1 aromatic heterocycles. The highest BCUT2D eigenvalue weighted by Crippen LogP contribution is 2.28. The molecule has 0 aliphatic rings. The molecule has 0 aliphatic heterocycles. The number of para-hydroxylation sites is 1. The highest BCUT2D eigenvalue weighted by molar-refractivity contribution is 5.68. The van der Waals surface area contributed by atoms with Crippen LogP contribution in [0.5, 0.6) is 0 Å². The summed E-state index contributed by atoms with van der Waals surface area (Å²) < 4.78 is 1.70. The van der Waals surface area contributed by atoms with Crippen LogP contribution in [-0.2, 0) is 13.6 Å². The van der Waals surface area contributed by atoms with Crippen molar-refractivity contribution in [1.29, 1.82) is 5.26 Å². The van der Waals surface area contributed by atoms with Gasteiger partial charge in [0.25, 0.3) is 0 Å². The lowest BCUT2D eigenvalue weighted by Gasteiger charge is -2.07. The number of aryl methyl sites for hydroxylation is 1. The number of anilines is 1. The maximum atomic E-state index is 11.0. The van der Waals surface area contributed by atoms with Gasteiger partial charge in [-0.15, -0.1) is 10.2 Å². The average molecular weight is 258 g/mol. The first-order chi connectivity index (χ1) is 9.13. The van der Waals surface area contributed by atoms with E-state index in [0.717, 1.165) is 0 Å². The number of hydrogen-bond donors (Lipinski definition) is 1. The van der Waals surface area contributed by atoms with Crippen LogP contribution in [0.3, 0.4) is 0 Å². The third kappa shape index (κ3) is 2.50. The average Bonchev–Trinajstić information content (AvgIpc) is 2.81. The molecule has 0 saturated carbocycles. The SMILES string of the molecule is Cn1cnnc1CNc1cccc(C#N)c1[N+](=O)[O-]. The predicted molar refractivity (Wildman–Crippen MR) is 66.1 cm³/mol. The fraction of sp³-hybridized carbons (Fsp3) is 0.182. The van der Waals surface area contributed by atoms with E-state index in [-0.39, 0.29) is 23.5 Å². The first kappa shape index (κ1) is 12.5. The zero-order valence-corrected chi connectivity index (χ0v) is 10.1. The lowest BCUT2D eigenvalue weighted by molar-refractivity contribution is -0.384. The first-order valence-electron chi connectivity index (χ1n) is 5.37. The van der Waals surface area contributed by atoms with Gasteiger partial charge in [-0.2, -0.15) is 5.26 Å². The zero-order chi connectivity index (χ0) is 13.8. The smallest absolute Gasteiger partial charge is 0.309 e. The summed E-state index contributed by atoms with van der Waals surface area (Å²) in [7, 11) is 1.77. The molecule has 96 valence electrons. The molecule has 2 rings (SSSR count). The molecule has 0 radical (unpaired) electrons. The van der Waals surface area contributed by atoms with E-state index >= 15 is 0 Å². The van der Waals surface area contributed by atoms with Crippen molar-refractivity contribution < 1.29 is 4.92 Å². The lowest BCUT2D eigenvalue weighted by atomic mass is 10.1. The zero-order valence-electron chi connectivity index (χ0n) is 10.1. The van der Waals surface area contributed by atoms with Gasteiger partial charge in [-0.1, -0.05) is 6.07 Å². The second-order valence-corrected chi connectivity index (χ2v) is 3.78. The Morgan fingerprint density at radius 1 is 1.58 bits per heavy atom. The highest BCUT2D eigenvalue weighted by atomic mass is 16.6. The molecule has 0 aliphatic carbocycles. The molecule has 1 N–H and O–H groups in total. The summed E-state index contributed by atoms with van der Waals surface area (Å²) >= 11 is 0. The molecular weight excluding hydrogens is 248 g/mol. The molecule has 0 spiro atoms. The minimum Gasteiger partial charge on any atom is -0.372 e. The Labute approximate surface area is 108 Å². The van der Waals surface area contributed by atoms with Crippen molar-refractivity contribution in [3.05, 3.63) is 46.0 Å². The molecule has 0 bridgehead atoms. The highest BCUT2D eigenvalue weighted by Gasteiger charge is 2.19. The summed E-state index contributed by atoms with van der Waals surface area (Å²) in [6.45, 7) is 0.284. The molecule has 19 heavy (non-hydrogen) atoms. The molecule has 0 amide bonds. The van der Waals surface area contributed by atoms with Crippen molar-refractivity contribution in [2.75, 3.05) is 5.32 Å². The minimum atomic E-state index is -0.572. The molecule has 0 atom stereocenters. The van der Waals surface area contributed by atoms with Gasteiger partial charge in [-0.25, -0.2) is 0 Å². The van der Waals surface area contributed by atoms with Crippen LogP contribution < -0.4 is 5.32 Å². The first-order valence-corrected chi connectivity index (χ1v) is 5.37. The summed E-state index contributed by atoms with van der Waals surface area (Å²) in [5, 5.41) is 30.4. The Morgan fingerprint density at radius 3 is 2.95 bits per heavy atom. The Morgan fingerprint density at radius 2 is 2.37 bits per heavy atom. The summed E-state index contributed by atoms with van der Waals surface area (Å²) in [5.41, 5.74) is 0.0761. The van der Waals surface area contributed by atoms with Crippen molar-refractivity contribution in [2.45, 2.75) is 6.54 Å². The van der Waals surface area contributed by atoms with E-state index in [2.05, 4.69) is 15.5 Å². The third-order valence-electron chi connectivity index (χ3n) is 2.58. The van der Waals surface area contributed by atoms with Crippen molar-refractivity contribution in [3.8, 4) is 6.07 Å². The molecule has 0 unspecified atom stereocenters. The molecule has 0 fully saturated rings. The topological polar surface area (TPSA) is 110 Å². The third-order valence-corrected chi connectivity index (χ3v) is 2.58. The summed E-state index contributed by atoms with van der Waals surface area (Å²) in [6.07, 6.45) is 1.54. The number of rotatable bonds is 4. The van der Waals surface area contributed by atoms with Crippen LogP contribution in [-0.4, -0.2) is 19.7 Å². The van der Waals surface area contributed by atoms with Gasteiger partial charge in [0.05, 0.1) is 11.5 Å². The van der Waals surface area contributed by atoms with Gasteiger partial charge in [0.1, 0.15) is 23.6 Å². The van der Waals surface area contributed by atoms with E-state index in [9.17, 15) is 10.1 Å². The number of nitro benzene ring substituents is 1. The number of nitro groups is 1. The van der Waals surface area contributed by atoms with Crippen LogP contribution in [0.4, 0.5) is 11.4 Å². The van der Waals surface area contributed by atoms with Crippen molar-refractivity contribution in [3.63, 3.8) is 0 Å². The number of nitriles is 1. The maximum Gasteiger partial charge on any atom is 0.309 e. The van der Waals surface area contributed by atoms with Crippen LogP contribution in [0.25, 0.3) is 0 Å². The second kappa shape index (κ2) is 5.14. The Hall–Kier alpha value is -2.95. The number of nitrogens with zero attached hydrogens (tertiary/aromatic N) is 5. The van der Waals surface area contributed by atoms with E-state index in [1.807, 2.05) is 6.07 Å². The van der Waals surface area contributed by atoms with Crippen molar-refractivity contribution in [1.82, 2.24) is 14.8 Å². The van der Waals surface area contributed by atoms with Gasteiger partial charge >= 0.3 is 5.69 Å². The van der Waals surface area contributed by atoms with Gasteiger partial charge in [0.2, 0.25) is 0 Å². The molecule has 8 heteroatoms. The Kier molecular flexibility index (Phi) is 3.38. The Bertz CT molecular complexity index is 657. The van der Waals surface area contributed by atoms with Gasteiger partial charge in [-0.3, -0.25) is 10.1 Å². The number of benzene rings is 1. The quantitative estimate of drug-likeness (QED) is 0.651. The molecule has 1 aromatic carbocycles. The van der Waals surface area contributed by atoms with Crippen LogP contribution in [0, 0.1) is 21.4 Å². The van der Waals surface area contributed by atoms with Gasteiger partial charge < -0.3 is 9.88 Å².